The predicted octanol–water partition coefficient (Wildman–Crippen LogP) is 3.81. The minimum absolute atomic E-state index is 0.0593. The topological polar surface area (TPSA) is 47.4 Å². The van der Waals surface area contributed by atoms with Gasteiger partial charge in [-0.2, -0.15) is 5.10 Å². The molecule has 2 aromatic rings. The van der Waals surface area contributed by atoms with E-state index in [1.165, 1.54) is 5.56 Å². The van der Waals surface area contributed by atoms with Crippen molar-refractivity contribution in [3.05, 3.63) is 52.9 Å². The monoisotopic (exact) mass is 353 g/mol. The van der Waals surface area contributed by atoms with Crippen molar-refractivity contribution < 1.29 is 9.53 Å². The molecular formula is C21H27N3O2. The summed E-state index contributed by atoms with van der Waals surface area (Å²) in [6.07, 6.45) is 5.61. The first kappa shape index (κ1) is 18.2. The van der Waals surface area contributed by atoms with Crippen LogP contribution in [0.25, 0.3) is 6.08 Å². The minimum Gasteiger partial charge on any atom is -0.494 e. The number of hydrogen-bond donors (Lipinski definition) is 0. The molecule has 1 saturated heterocycles. The predicted molar refractivity (Wildman–Crippen MR) is 103 cm³/mol. The number of likely N-dealkylation sites (tertiary alicyclic amines) is 1. The van der Waals surface area contributed by atoms with Gasteiger partial charge < -0.3 is 9.64 Å². The van der Waals surface area contributed by atoms with Gasteiger partial charge in [0, 0.05) is 30.9 Å². The van der Waals surface area contributed by atoms with Crippen LogP contribution >= 0.6 is 0 Å². The van der Waals surface area contributed by atoms with Crippen LogP contribution in [0.2, 0.25) is 0 Å². The first-order valence-corrected chi connectivity index (χ1v) is 9.23. The number of ether oxygens (including phenoxy) is 1. The molecule has 0 bridgehead atoms. The summed E-state index contributed by atoms with van der Waals surface area (Å²) in [4.78, 5) is 14.8. The molecule has 3 rings (SSSR count). The van der Waals surface area contributed by atoms with Crippen molar-refractivity contribution in [2.75, 3.05) is 13.2 Å². The number of aryl methyl sites for hydroxylation is 2. The fourth-order valence-electron chi connectivity index (χ4n) is 3.61. The second-order valence-corrected chi connectivity index (χ2v) is 6.73. The highest BCUT2D eigenvalue weighted by atomic mass is 16.5. The smallest absolute Gasteiger partial charge is 0.247 e. The Bertz CT molecular complexity index is 805. The van der Waals surface area contributed by atoms with Crippen LogP contribution in [0.1, 0.15) is 48.3 Å². The van der Waals surface area contributed by atoms with E-state index in [0.717, 1.165) is 42.1 Å². The molecule has 1 aromatic heterocycles. The van der Waals surface area contributed by atoms with E-state index in [2.05, 4.69) is 17.2 Å². The van der Waals surface area contributed by atoms with Crippen LogP contribution in [0.15, 0.2) is 30.3 Å². The number of nitrogens with zero attached hydrogens (tertiary/aromatic N) is 3. The number of carbonyl (C=O) groups excluding carboxylic acids is 1. The molecule has 0 aliphatic carbocycles. The third kappa shape index (κ3) is 3.66. The van der Waals surface area contributed by atoms with Crippen molar-refractivity contribution in [1.29, 1.82) is 0 Å². The lowest BCUT2D eigenvalue weighted by Gasteiger charge is -2.24. The summed E-state index contributed by atoms with van der Waals surface area (Å²) >= 11 is 0. The van der Waals surface area contributed by atoms with Gasteiger partial charge in [-0.15, -0.1) is 0 Å². The van der Waals surface area contributed by atoms with Crippen LogP contribution in [-0.2, 0) is 11.8 Å². The molecule has 1 aliphatic rings. The van der Waals surface area contributed by atoms with E-state index in [4.69, 9.17) is 4.74 Å². The van der Waals surface area contributed by atoms with Gasteiger partial charge in [-0.05, 0) is 57.4 Å². The van der Waals surface area contributed by atoms with Gasteiger partial charge in [0.25, 0.3) is 0 Å². The van der Waals surface area contributed by atoms with Crippen molar-refractivity contribution >= 4 is 12.0 Å². The quantitative estimate of drug-likeness (QED) is 0.768. The van der Waals surface area contributed by atoms with E-state index in [1.54, 1.807) is 6.08 Å². The average Bonchev–Trinajstić information content (AvgIpc) is 3.20. The molecule has 1 amide bonds. The van der Waals surface area contributed by atoms with Crippen LogP contribution in [0.4, 0.5) is 0 Å². The van der Waals surface area contributed by atoms with E-state index in [9.17, 15) is 4.79 Å². The van der Waals surface area contributed by atoms with Crippen LogP contribution in [0.5, 0.6) is 5.75 Å². The van der Waals surface area contributed by atoms with Gasteiger partial charge in [0.1, 0.15) is 5.75 Å². The zero-order chi connectivity index (χ0) is 18.7. The van der Waals surface area contributed by atoms with Crippen molar-refractivity contribution in [3.63, 3.8) is 0 Å². The molecule has 1 unspecified atom stereocenters. The van der Waals surface area contributed by atoms with Crippen LogP contribution in [0.3, 0.4) is 0 Å². The van der Waals surface area contributed by atoms with Crippen molar-refractivity contribution in [2.45, 2.75) is 39.7 Å². The molecule has 1 aromatic carbocycles. The summed E-state index contributed by atoms with van der Waals surface area (Å²) in [6.45, 7) is 7.42. The molecule has 0 N–H and O–H groups in total. The number of rotatable bonds is 5. The summed E-state index contributed by atoms with van der Waals surface area (Å²) in [5.74, 6) is 0.929. The standard InChI is InChI=1S/C21H27N3O2/c1-5-26-18-10-8-17(9-11-18)20-7-6-14-24(20)21(25)13-12-19-15(2)22-23(4)16(19)3/h8-13,20H,5-7,14H2,1-4H3/b13-12+. The number of amides is 1. The first-order chi connectivity index (χ1) is 12.5. The Morgan fingerprint density at radius 2 is 2.04 bits per heavy atom. The van der Waals surface area contributed by atoms with Gasteiger partial charge >= 0.3 is 0 Å². The molecule has 138 valence electrons. The lowest BCUT2D eigenvalue weighted by Crippen LogP contribution is -2.28. The molecule has 2 heterocycles. The van der Waals surface area contributed by atoms with Gasteiger partial charge in [0.2, 0.25) is 5.91 Å². The van der Waals surface area contributed by atoms with Crippen molar-refractivity contribution in [1.82, 2.24) is 14.7 Å². The lowest BCUT2D eigenvalue weighted by molar-refractivity contribution is -0.126. The minimum atomic E-state index is 0.0593. The zero-order valence-electron chi connectivity index (χ0n) is 16.0. The number of hydrogen-bond acceptors (Lipinski definition) is 3. The van der Waals surface area contributed by atoms with Gasteiger partial charge in [0.05, 0.1) is 18.3 Å². The van der Waals surface area contributed by atoms with Crippen LogP contribution in [-0.4, -0.2) is 33.7 Å². The van der Waals surface area contributed by atoms with E-state index in [-0.39, 0.29) is 11.9 Å². The maximum absolute atomic E-state index is 12.8. The number of benzene rings is 1. The molecule has 0 spiro atoms. The molecule has 1 fully saturated rings. The fraction of sp³-hybridized carbons (Fsp3) is 0.429. The Morgan fingerprint density at radius 1 is 1.31 bits per heavy atom. The molecule has 5 nitrogen and oxygen atoms in total. The summed E-state index contributed by atoms with van der Waals surface area (Å²) in [5, 5.41) is 4.40. The second kappa shape index (κ2) is 7.77. The average molecular weight is 353 g/mol. The zero-order valence-corrected chi connectivity index (χ0v) is 16.0. The SMILES string of the molecule is CCOc1ccc(C2CCCN2C(=O)/C=C/c2c(C)nn(C)c2C)cc1. The highest BCUT2D eigenvalue weighted by molar-refractivity contribution is 5.92. The van der Waals surface area contributed by atoms with E-state index in [1.807, 2.05) is 55.6 Å². The molecular weight excluding hydrogens is 326 g/mol. The second-order valence-electron chi connectivity index (χ2n) is 6.73. The maximum Gasteiger partial charge on any atom is 0.247 e. The van der Waals surface area contributed by atoms with E-state index in [0.29, 0.717) is 6.61 Å². The van der Waals surface area contributed by atoms with Crippen LogP contribution < -0.4 is 4.74 Å². The first-order valence-electron chi connectivity index (χ1n) is 9.23. The Kier molecular flexibility index (Phi) is 5.45. The molecule has 1 aliphatic heterocycles. The van der Waals surface area contributed by atoms with E-state index < -0.39 is 0 Å². The Labute approximate surface area is 155 Å². The van der Waals surface area contributed by atoms with Gasteiger partial charge in [0.15, 0.2) is 0 Å². The van der Waals surface area contributed by atoms with Crippen molar-refractivity contribution in [3.8, 4) is 5.75 Å². The third-order valence-electron chi connectivity index (χ3n) is 5.07. The van der Waals surface area contributed by atoms with E-state index >= 15 is 0 Å². The Balaban J connectivity index is 1.74. The number of aromatic nitrogens is 2. The summed E-state index contributed by atoms with van der Waals surface area (Å²) in [5.41, 5.74) is 4.20. The highest BCUT2D eigenvalue weighted by Gasteiger charge is 2.28. The Hall–Kier alpha value is -2.56. The van der Waals surface area contributed by atoms with Gasteiger partial charge in [-0.25, -0.2) is 0 Å². The normalized spacial score (nSPS) is 17.2. The lowest BCUT2D eigenvalue weighted by atomic mass is 10.0. The Morgan fingerprint density at radius 3 is 2.65 bits per heavy atom. The highest BCUT2D eigenvalue weighted by Crippen LogP contribution is 2.33. The number of carbonyl (C=O) groups is 1. The molecule has 0 radical (unpaired) electrons. The van der Waals surface area contributed by atoms with Gasteiger partial charge in [-0.1, -0.05) is 12.1 Å². The molecule has 26 heavy (non-hydrogen) atoms. The van der Waals surface area contributed by atoms with Crippen LogP contribution in [0, 0.1) is 13.8 Å². The largest absolute Gasteiger partial charge is 0.494 e. The van der Waals surface area contributed by atoms with Gasteiger partial charge in [-0.3, -0.25) is 9.48 Å². The molecule has 5 heteroatoms. The summed E-state index contributed by atoms with van der Waals surface area (Å²) < 4.78 is 7.36. The molecule has 1 atom stereocenters. The fourth-order valence-corrected chi connectivity index (χ4v) is 3.61. The maximum atomic E-state index is 12.8. The molecule has 0 saturated carbocycles. The van der Waals surface area contributed by atoms with Crippen molar-refractivity contribution in [2.24, 2.45) is 7.05 Å². The third-order valence-corrected chi connectivity index (χ3v) is 5.07. The summed E-state index contributed by atoms with van der Waals surface area (Å²) in [7, 11) is 1.92. The summed E-state index contributed by atoms with van der Waals surface area (Å²) in [6, 6.07) is 8.25.